The third-order valence-electron chi connectivity index (χ3n) is 3.43. The minimum absolute atomic E-state index is 0.0123. The summed E-state index contributed by atoms with van der Waals surface area (Å²) in [6, 6.07) is 4.51. The molecule has 2 aromatic rings. The Hall–Kier alpha value is -2.41. The van der Waals surface area contributed by atoms with E-state index in [-0.39, 0.29) is 11.6 Å². The predicted octanol–water partition coefficient (Wildman–Crippen LogP) is 1.61. The zero-order chi connectivity index (χ0) is 14.3. The lowest BCUT2D eigenvalue weighted by atomic mass is 10.1. The number of nitro groups is 1. The van der Waals surface area contributed by atoms with Gasteiger partial charge in [0.1, 0.15) is 0 Å². The van der Waals surface area contributed by atoms with Crippen LogP contribution in [0.5, 0.6) is 5.88 Å². The summed E-state index contributed by atoms with van der Waals surface area (Å²) >= 11 is 0. The van der Waals surface area contributed by atoms with Crippen molar-refractivity contribution < 1.29 is 14.8 Å². The van der Waals surface area contributed by atoms with Gasteiger partial charge in [-0.3, -0.25) is 15.1 Å². The van der Waals surface area contributed by atoms with E-state index in [0.717, 1.165) is 5.52 Å². The van der Waals surface area contributed by atoms with E-state index in [4.69, 9.17) is 4.74 Å². The van der Waals surface area contributed by atoms with Crippen LogP contribution in [-0.2, 0) is 11.8 Å². The molecule has 20 heavy (non-hydrogen) atoms. The monoisotopic (exact) mass is 275 g/mol. The Labute approximate surface area is 114 Å². The SMILES string of the molecule is Cn1c(O)c(C2=NCCOC2)c2cc([N+](=O)[O-])ccc21. The smallest absolute Gasteiger partial charge is 0.270 e. The number of aromatic nitrogens is 1. The van der Waals surface area contributed by atoms with Crippen molar-refractivity contribution in [3.05, 3.63) is 33.9 Å². The van der Waals surface area contributed by atoms with Crippen molar-refractivity contribution in [1.82, 2.24) is 4.57 Å². The highest BCUT2D eigenvalue weighted by Crippen LogP contribution is 2.33. The Balaban J connectivity index is 2.28. The quantitative estimate of drug-likeness (QED) is 0.666. The van der Waals surface area contributed by atoms with Crippen LogP contribution in [0.1, 0.15) is 5.56 Å². The number of aromatic hydroxyl groups is 1. The van der Waals surface area contributed by atoms with Gasteiger partial charge in [-0.05, 0) is 6.07 Å². The van der Waals surface area contributed by atoms with E-state index in [2.05, 4.69) is 4.99 Å². The molecule has 2 heterocycles. The fourth-order valence-corrected chi connectivity index (χ4v) is 2.43. The number of aliphatic imine (C=N–C) groups is 1. The molecule has 0 spiro atoms. The summed E-state index contributed by atoms with van der Waals surface area (Å²) in [6.07, 6.45) is 0. The van der Waals surface area contributed by atoms with Crippen LogP contribution in [0, 0.1) is 10.1 Å². The van der Waals surface area contributed by atoms with Gasteiger partial charge < -0.3 is 14.4 Å². The molecule has 7 heteroatoms. The van der Waals surface area contributed by atoms with Crippen LogP contribution < -0.4 is 0 Å². The van der Waals surface area contributed by atoms with Gasteiger partial charge in [-0.2, -0.15) is 0 Å². The van der Waals surface area contributed by atoms with Crippen LogP contribution in [0.25, 0.3) is 10.9 Å². The van der Waals surface area contributed by atoms with Gasteiger partial charge in [0.15, 0.2) is 0 Å². The first kappa shape index (κ1) is 12.6. The molecule has 1 aromatic heterocycles. The van der Waals surface area contributed by atoms with Gasteiger partial charge in [0.05, 0.1) is 41.5 Å². The van der Waals surface area contributed by atoms with Crippen molar-refractivity contribution in [3.63, 3.8) is 0 Å². The number of non-ortho nitro benzene ring substituents is 1. The largest absolute Gasteiger partial charge is 0.494 e. The van der Waals surface area contributed by atoms with Gasteiger partial charge in [-0.15, -0.1) is 0 Å². The number of rotatable bonds is 2. The average Bonchev–Trinajstić information content (AvgIpc) is 2.71. The lowest BCUT2D eigenvalue weighted by Crippen LogP contribution is -2.18. The molecule has 0 unspecified atom stereocenters. The van der Waals surface area contributed by atoms with Gasteiger partial charge in [0.2, 0.25) is 5.88 Å². The maximum Gasteiger partial charge on any atom is 0.270 e. The lowest BCUT2D eigenvalue weighted by molar-refractivity contribution is -0.384. The third kappa shape index (κ3) is 1.83. The number of aryl methyl sites for hydroxylation is 1. The molecule has 1 aliphatic heterocycles. The summed E-state index contributed by atoms with van der Waals surface area (Å²) < 4.78 is 6.93. The number of nitrogens with zero attached hydrogens (tertiary/aromatic N) is 3. The van der Waals surface area contributed by atoms with Gasteiger partial charge in [-0.25, -0.2) is 0 Å². The number of benzene rings is 1. The van der Waals surface area contributed by atoms with Gasteiger partial charge in [0.25, 0.3) is 5.69 Å². The summed E-state index contributed by atoms with van der Waals surface area (Å²) in [5, 5.41) is 21.8. The van der Waals surface area contributed by atoms with Crippen LogP contribution >= 0.6 is 0 Å². The van der Waals surface area contributed by atoms with Gasteiger partial charge >= 0.3 is 0 Å². The van der Waals surface area contributed by atoms with Crippen molar-refractivity contribution in [1.29, 1.82) is 0 Å². The molecule has 7 nitrogen and oxygen atoms in total. The van der Waals surface area contributed by atoms with Crippen molar-refractivity contribution in [2.24, 2.45) is 12.0 Å². The first-order valence-corrected chi connectivity index (χ1v) is 6.17. The van der Waals surface area contributed by atoms with Crippen LogP contribution in [0.3, 0.4) is 0 Å². The van der Waals surface area contributed by atoms with E-state index in [9.17, 15) is 15.2 Å². The summed E-state index contributed by atoms with van der Waals surface area (Å²) in [4.78, 5) is 14.8. The minimum atomic E-state index is -0.452. The molecule has 104 valence electrons. The van der Waals surface area contributed by atoms with E-state index in [0.29, 0.717) is 36.4 Å². The Kier molecular flexibility index (Phi) is 2.90. The Morgan fingerprint density at radius 3 is 2.95 bits per heavy atom. The maximum atomic E-state index is 10.9. The number of fused-ring (bicyclic) bond motifs is 1. The van der Waals surface area contributed by atoms with Crippen LogP contribution in [0.4, 0.5) is 5.69 Å². The molecule has 0 bridgehead atoms. The summed E-state index contributed by atoms with van der Waals surface area (Å²) in [5.74, 6) is 0.0461. The highest BCUT2D eigenvalue weighted by atomic mass is 16.6. The van der Waals surface area contributed by atoms with Gasteiger partial charge in [-0.1, -0.05) is 0 Å². The highest BCUT2D eigenvalue weighted by Gasteiger charge is 2.22. The molecule has 1 N–H and O–H groups in total. The Bertz CT molecular complexity index is 733. The molecule has 0 aliphatic carbocycles. The second-order valence-electron chi connectivity index (χ2n) is 4.60. The Morgan fingerprint density at radius 2 is 2.30 bits per heavy atom. The molecule has 1 aliphatic rings. The van der Waals surface area contributed by atoms with Crippen molar-refractivity contribution in [2.75, 3.05) is 19.8 Å². The zero-order valence-electron chi connectivity index (χ0n) is 10.9. The topological polar surface area (TPSA) is 89.9 Å². The summed E-state index contributed by atoms with van der Waals surface area (Å²) in [5.41, 5.74) is 1.85. The first-order valence-electron chi connectivity index (χ1n) is 6.17. The fraction of sp³-hybridized carbons (Fsp3) is 0.308. The van der Waals surface area contributed by atoms with Crippen LogP contribution in [-0.4, -0.2) is 40.1 Å². The van der Waals surface area contributed by atoms with E-state index in [1.54, 1.807) is 17.7 Å². The molecule has 3 rings (SSSR count). The van der Waals surface area contributed by atoms with Crippen LogP contribution in [0.2, 0.25) is 0 Å². The standard InChI is InChI=1S/C13H13N3O4/c1-15-11-3-2-8(16(18)19)6-9(11)12(13(15)17)10-7-20-5-4-14-10/h2-3,6,17H,4-5,7H2,1H3. The van der Waals surface area contributed by atoms with E-state index < -0.39 is 4.92 Å². The van der Waals surface area contributed by atoms with Crippen molar-refractivity contribution in [2.45, 2.75) is 0 Å². The predicted molar refractivity (Wildman–Crippen MR) is 73.5 cm³/mol. The molecular formula is C13H13N3O4. The third-order valence-corrected chi connectivity index (χ3v) is 3.43. The number of hydrogen-bond acceptors (Lipinski definition) is 5. The first-order chi connectivity index (χ1) is 9.59. The summed E-state index contributed by atoms with van der Waals surface area (Å²) in [7, 11) is 1.71. The highest BCUT2D eigenvalue weighted by molar-refractivity contribution is 6.14. The van der Waals surface area contributed by atoms with E-state index >= 15 is 0 Å². The number of hydrogen-bond donors (Lipinski definition) is 1. The zero-order valence-corrected chi connectivity index (χ0v) is 10.9. The lowest BCUT2D eigenvalue weighted by Gasteiger charge is -2.12. The molecule has 0 radical (unpaired) electrons. The van der Waals surface area contributed by atoms with E-state index in [1.807, 2.05) is 0 Å². The molecule has 0 atom stereocenters. The maximum absolute atomic E-state index is 10.9. The Morgan fingerprint density at radius 1 is 1.50 bits per heavy atom. The van der Waals surface area contributed by atoms with Gasteiger partial charge in [0, 0.05) is 24.6 Å². The minimum Gasteiger partial charge on any atom is -0.494 e. The molecule has 0 amide bonds. The normalized spacial score (nSPS) is 15.3. The molecule has 0 fully saturated rings. The number of nitro benzene ring substituents is 1. The molecule has 1 aromatic carbocycles. The average molecular weight is 275 g/mol. The second-order valence-corrected chi connectivity index (χ2v) is 4.60. The molecular weight excluding hydrogens is 262 g/mol. The second kappa shape index (κ2) is 4.61. The number of ether oxygens (including phenoxy) is 1. The van der Waals surface area contributed by atoms with E-state index in [1.165, 1.54) is 12.1 Å². The molecule has 0 saturated heterocycles. The van der Waals surface area contributed by atoms with Crippen LogP contribution in [0.15, 0.2) is 23.2 Å². The summed E-state index contributed by atoms with van der Waals surface area (Å²) in [6.45, 7) is 1.38. The fourth-order valence-electron chi connectivity index (χ4n) is 2.43. The van der Waals surface area contributed by atoms with Crippen molar-refractivity contribution >= 4 is 22.3 Å². The molecule has 0 saturated carbocycles. The van der Waals surface area contributed by atoms with Crippen molar-refractivity contribution in [3.8, 4) is 5.88 Å².